The number of likely N-dealkylation sites (tertiary alicyclic amines) is 1. The summed E-state index contributed by atoms with van der Waals surface area (Å²) in [7, 11) is 3.34. The van der Waals surface area contributed by atoms with Crippen LogP contribution in [0, 0.1) is 0 Å². The van der Waals surface area contributed by atoms with E-state index in [-0.39, 0.29) is 12.1 Å². The van der Waals surface area contributed by atoms with Crippen molar-refractivity contribution in [3.05, 3.63) is 35.4 Å². The number of fused-ring (bicyclic) bond motifs is 1. The van der Waals surface area contributed by atoms with E-state index >= 15 is 0 Å². The molecule has 0 bridgehead atoms. The second-order valence-corrected chi connectivity index (χ2v) is 8.19. The van der Waals surface area contributed by atoms with Crippen molar-refractivity contribution in [3.8, 4) is 11.5 Å². The molecule has 0 saturated carbocycles. The van der Waals surface area contributed by atoms with E-state index in [0.29, 0.717) is 12.6 Å². The number of aliphatic hydroxyl groups is 1. The molecule has 1 saturated heterocycles. The maximum atomic E-state index is 10.2. The number of hydrogen-bond acceptors (Lipinski definition) is 7. The van der Waals surface area contributed by atoms with Crippen LogP contribution in [0.4, 0.5) is 0 Å². The second kappa shape index (κ2) is 8.30. The Labute approximate surface area is 172 Å². The van der Waals surface area contributed by atoms with Gasteiger partial charge in [-0.15, -0.1) is 10.2 Å². The van der Waals surface area contributed by atoms with Crippen LogP contribution in [0.5, 0.6) is 11.5 Å². The van der Waals surface area contributed by atoms with Crippen LogP contribution in [0.2, 0.25) is 0 Å². The topological polar surface area (TPSA) is 75.9 Å². The molecule has 29 heavy (non-hydrogen) atoms. The molecule has 2 aromatic rings. The van der Waals surface area contributed by atoms with E-state index in [9.17, 15) is 5.11 Å². The lowest BCUT2D eigenvalue weighted by molar-refractivity contribution is 0.155. The van der Waals surface area contributed by atoms with Gasteiger partial charge in [0.25, 0.3) is 0 Å². The summed E-state index contributed by atoms with van der Waals surface area (Å²) in [6, 6.07) is 6.49. The molecule has 8 nitrogen and oxygen atoms in total. The highest BCUT2D eigenvalue weighted by Crippen LogP contribution is 2.35. The second-order valence-electron chi connectivity index (χ2n) is 8.19. The van der Waals surface area contributed by atoms with Crippen LogP contribution in [-0.2, 0) is 19.6 Å². The molecule has 0 unspecified atom stereocenters. The molecule has 2 atom stereocenters. The SMILES string of the molecule is COc1cccc(CN2CCn3c(nnc3[C@@H]3C[C@H](O)CN3C(C)C)C2)c1OC. The van der Waals surface area contributed by atoms with Crippen LogP contribution >= 0.6 is 0 Å². The minimum Gasteiger partial charge on any atom is -0.493 e. The van der Waals surface area contributed by atoms with Gasteiger partial charge < -0.3 is 19.1 Å². The lowest BCUT2D eigenvalue weighted by atomic mass is 10.1. The van der Waals surface area contributed by atoms with Gasteiger partial charge >= 0.3 is 0 Å². The fourth-order valence-corrected chi connectivity index (χ4v) is 4.59. The molecule has 2 aliphatic rings. The molecule has 1 aromatic heterocycles. The molecule has 2 aliphatic heterocycles. The van der Waals surface area contributed by atoms with Crippen LogP contribution in [0.15, 0.2) is 18.2 Å². The lowest BCUT2D eigenvalue weighted by Crippen LogP contribution is -2.36. The van der Waals surface area contributed by atoms with Gasteiger partial charge in [0, 0.05) is 37.8 Å². The van der Waals surface area contributed by atoms with E-state index in [4.69, 9.17) is 9.47 Å². The van der Waals surface area contributed by atoms with Gasteiger partial charge in [-0.25, -0.2) is 0 Å². The Morgan fingerprint density at radius 3 is 2.72 bits per heavy atom. The predicted molar refractivity (Wildman–Crippen MR) is 109 cm³/mol. The van der Waals surface area contributed by atoms with Crippen molar-refractivity contribution in [2.75, 3.05) is 27.3 Å². The summed E-state index contributed by atoms with van der Waals surface area (Å²) < 4.78 is 13.3. The van der Waals surface area contributed by atoms with Gasteiger partial charge in [-0.2, -0.15) is 0 Å². The van der Waals surface area contributed by atoms with Crippen LogP contribution in [-0.4, -0.2) is 69.1 Å². The van der Waals surface area contributed by atoms with Gasteiger partial charge in [0.15, 0.2) is 17.3 Å². The summed E-state index contributed by atoms with van der Waals surface area (Å²) >= 11 is 0. The van der Waals surface area contributed by atoms with Crippen molar-refractivity contribution < 1.29 is 14.6 Å². The molecule has 1 aromatic carbocycles. The highest BCUT2D eigenvalue weighted by atomic mass is 16.5. The van der Waals surface area contributed by atoms with Crippen molar-refractivity contribution >= 4 is 0 Å². The summed E-state index contributed by atoms with van der Waals surface area (Å²) in [5, 5.41) is 19.2. The monoisotopic (exact) mass is 401 g/mol. The molecule has 3 heterocycles. The van der Waals surface area contributed by atoms with Gasteiger partial charge in [-0.1, -0.05) is 12.1 Å². The highest BCUT2D eigenvalue weighted by molar-refractivity contribution is 5.46. The molecule has 8 heteroatoms. The van der Waals surface area contributed by atoms with E-state index in [1.54, 1.807) is 14.2 Å². The molecule has 0 spiro atoms. The van der Waals surface area contributed by atoms with Crippen molar-refractivity contribution in [3.63, 3.8) is 0 Å². The van der Waals surface area contributed by atoms with Crippen molar-refractivity contribution in [1.82, 2.24) is 24.6 Å². The zero-order valence-corrected chi connectivity index (χ0v) is 17.7. The van der Waals surface area contributed by atoms with Crippen molar-refractivity contribution in [2.45, 2.75) is 58.1 Å². The number of para-hydroxylation sites is 1. The van der Waals surface area contributed by atoms with Crippen LogP contribution in [0.3, 0.4) is 0 Å². The first kappa shape index (κ1) is 20.1. The Bertz CT molecular complexity index is 853. The molecule has 0 amide bonds. The van der Waals surface area contributed by atoms with Gasteiger partial charge in [0.1, 0.15) is 5.82 Å². The lowest BCUT2D eigenvalue weighted by Gasteiger charge is -2.31. The Kier molecular flexibility index (Phi) is 5.76. The van der Waals surface area contributed by atoms with Crippen LogP contribution in [0.25, 0.3) is 0 Å². The number of benzene rings is 1. The predicted octanol–water partition coefficient (Wildman–Crippen LogP) is 1.83. The number of rotatable bonds is 6. The third-order valence-corrected chi connectivity index (χ3v) is 6.02. The summed E-state index contributed by atoms with van der Waals surface area (Å²) in [6.45, 7) is 8.31. The molecule has 0 radical (unpaired) electrons. The summed E-state index contributed by atoms with van der Waals surface area (Å²) in [5.74, 6) is 3.51. The van der Waals surface area contributed by atoms with Crippen molar-refractivity contribution in [2.24, 2.45) is 0 Å². The van der Waals surface area contributed by atoms with E-state index in [2.05, 4.69) is 44.5 Å². The number of ether oxygens (including phenoxy) is 2. The highest BCUT2D eigenvalue weighted by Gasteiger charge is 2.37. The van der Waals surface area contributed by atoms with Gasteiger partial charge in [-0.05, 0) is 26.3 Å². The molecule has 1 fully saturated rings. The number of nitrogens with zero attached hydrogens (tertiary/aromatic N) is 5. The van der Waals surface area contributed by atoms with Crippen LogP contribution in [0.1, 0.15) is 43.5 Å². The third kappa shape index (κ3) is 3.84. The zero-order valence-electron chi connectivity index (χ0n) is 17.7. The van der Waals surface area contributed by atoms with E-state index in [0.717, 1.165) is 61.3 Å². The summed E-state index contributed by atoms with van der Waals surface area (Å²) in [5.41, 5.74) is 1.10. The first-order valence-corrected chi connectivity index (χ1v) is 10.3. The van der Waals surface area contributed by atoms with Crippen LogP contribution < -0.4 is 9.47 Å². The smallest absolute Gasteiger partial charge is 0.165 e. The number of β-amino-alcohol motifs (C(OH)–C–C–N with tert-alkyl or cyclic N) is 1. The number of aliphatic hydroxyl groups excluding tert-OH is 1. The molecule has 0 aliphatic carbocycles. The van der Waals surface area contributed by atoms with Gasteiger partial charge in [-0.3, -0.25) is 9.80 Å². The maximum absolute atomic E-state index is 10.2. The fraction of sp³-hybridized carbons (Fsp3) is 0.619. The van der Waals surface area contributed by atoms with E-state index in [1.807, 2.05) is 12.1 Å². The van der Waals surface area contributed by atoms with E-state index in [1.165, 1.54) is 0 Å². The Hall–Kier alpha value is -2.16. The first-order valence-electron chi connectivity index (χ1n) is 10.3. The third-order valence-electron chi connectivity index (χ3n) is 6.02. The fourth-order valence-electron chi connectivity index (χ4n) is 4.59. The summed E-state index contributed by atoms with van der Waals surface area (Å²) in [4.78, 5) is 4.68. The Morgan fingerprint density at radius 2 is 2.00 bits per heavy atom. The minimum atomic E-state index is -0.295. The molecule has 1 N–H and O–H groups in total. The number of hydrogen-bond donors (Lipinski definition) is 1. The largest absolute Gasteiger partial charge is 0.493 e. The number of aromatic nitrogens is 3. The minimum absolute atomic E-state index is 0.135. The first-order chi connectivity index (χ1) is 14.0. The van der Waals surface area contributed by atoms with Gasteiger partial charge in [0.2, 0.25) is 0 Å². The molecule has 158 valence electrons. The maximum Gasteiger partial charge on any atom is 0.165 e. The summed E-state index contributed by atoms with van der Waals surface area (Å²) in [6.07, 6.45) is 0.428. The molecule has 4 rings (SSSR count). The molecular formula is C21H31N5O3. The average molecular weight is 402 g/mol. The van der Waals surface area contributed by atoms with E-state index < -0.39 is 0 Å². The van der Waals surface area contributed by atoms with Crippen molar-refractivity contribution in [1.29, 1.82) is 0 Å². The molecular weight excluding hydrogens is 370 g/mol. The Morgan fingerprint density at radius 1 is 1.17 bits per heavy atom. The standard InChI is InChI=1S/C21H31N5O3/c1-14(2)26-12-16(27)10-17(26)21-23-22-19-13-24(8-9-25(19)21)11-15-6-5-7-18(28-3)20(15)29-4/h5-7,14,16-17,27H,8-13H2,1-4H3/t16-,17-/m0/s1. The normalized spacial score (nSPS) is 22.8. The van der Waals surface area contributed by atoms with Gasteiger partial charge in [0.05, 0.1) is 32.9 Å². The quantitative estimate of drug-likeness (QED) is 0.791. The zero-order chi connectivity index (χ0) is 20.5. The number of methoxy groups -OCH3 is 2. The Balaban J connectivity index is 1.51. The average Bonchev–Trinajstić information content (AvgIpc) is 3.30.